The fourth-order valence-corrected chi connectivity index (χ4v) is 4.95. The van der Waals surface area contributed by atoms with Crippen molar-refractivity contribution in [3.63, 3.8) is 0 Å². The molecule has 10 heteroatoms. The summed E-state index contributed by atoms with van der Waals surface area (Å²) in [5, 5.41) is 8.64. The molecule has 0 radical (unpaired) electrons. The number of hydrogen-bond acceptors (Lipinski definition) is 10. The van der Waals surface area contributed by atoms with Crippen LogP contribution < -0.4 is 18.9 Å². The minimum absolute atomic E-state index is 0.130. The number of hydrogen-bond donors (Lipinski definition) is 0. The molecule has 292 valence electrons. The third-order valence-corrected chi connectivity index (χ3v) is 8.12. The van der Waals surface area contributed by atoms with Crippen molar-refractivity contribution in [2.75, 3.05) is 79.3 Å². The second-order valence-electron chi connectivity index (χ2n) is 14.6. The van der Waals surface area contributed by atoms with E-state index in [1.54, 1.807) is 0 Å². The Balaban J connectivity index is 0.960. The van der Waals surface area contributed by atoms with Crippen molar-refractivity contribution in [2.45, 2.75) is 52.4 Å². The maximum atomic E-state index is 5.77. The Labute approximate surface area is 321 Å². The van der Waals surface area contributed by atoms with Gasteiger partial charge in [-0.15, -0.1) is 0 Å². The van der Waals surface area contributed by atoms with Crippen LogP contribution in [0, 0.1) is 0 Å². The Morgan fingerprint density at radius 3 is 0.778 bits per heavy atom. The molecule has 0 atom stereocenters. The van der Waals surface area contributed by atoms with Crippen LogP contribution in [0.15, 0.2) is 107 Å². The first kappa shape index (κ1) is 42.3. The molecule has 0 saturated carbocycles. The molecule has 10 nitrogen and oxygen atoms in total. The van der Waals surface area contributed by atoms with Crippen molar-refractivity contribution < 1.29 is 37.9 Å². The number of benzene rings is 4. The summed E-state index contributed by atoms with van der Waals surface area (Å²) >= 11 is 0. The maximum absolute atomic E-state index is 5.77. The molecule has 0 aliphatic rings. The van der Waals surface area contributed by atoms with E-state index in [2.05, 4.69) is 76.0 Å². The van der Waals surface area contributed by atoms with E-state index in [4.69, 9.17) is 37.9 Å². The van der Waals surface area contributed by atoms with Crippen LogP contribution in [-0.2, 0) is 29.8 Å². The molecule has 0 saturated heterocycles. The lowest BCUT2D eigenvalue weighted by Gasteiger charge is -2.19. The second kappa shape index (κ2) is 22.7. The van der Waals surface area contributed by atoms with E-state index in [-0.39, 0.29) is 10.8 Å². The number of rotatable bonds is 24. The highest BCUT2D eigenvalue weighted by Gasteiger charge is 2.14. The van der Waals surface area contributed by atoms with E-state index in [1.165, 1.54) is 11.1 Å². The predicted molar refractivity (Wildman–Crippen MR) is 213 cm³/mol. The third-order valence-electron chi connectivity index (χ3n) is 8.12. The Morgan fingerprint density at radius 1 is 0.315 bits per heavy atom. The van der Waals surface area contributed by atoms with Crippen LogP contribution in [0.3, 0.4) is 0 Å². The molecule has 0 unspecified atom stereocenters. The molecule has 0 N–H and O–H groups in total. The summed E-state index contributed by atoms with van der Waals surface area (Å²) in [7, 11) is 0. The molecule has 0 spiro atoms. The molecule has 54 heavy (non-hydrogen) atoms. The van der Waals surface area contributed by atoms with Gasteiger partial charge in [-0.05, 0) is 94.8 Å². The highest BCUT2D eigenvalue weighted by Crippen LogP contribution is 2.26. The number of azo groups is 1. The molecule has 0 amide bonds. The van der Waals surface area contributed by atoms with E-state index in [9.17, 15) is 0 Å². The average molecular weight is 743 g/mol. The first-order chi connectivity index (χ1) is 26.1. The number of ether oxygens (including phenoxy) is 8. The van der Waals surface area contributed by atoms with E-state index in [1.807, 2.05) is 72.8 Å². The summed E-state index contributed by atoms with van der Waals surface area (Å²) in [6, 6.07) is 31.3. The van der Waals surface area contributed by atoms with Gasteiger partial charge in [-0.2, -0.15) is 10.2 Å². The second-order valence-corrected chi connectivity index (χ2v) is 14.6. The summed E-state index contributed by atoms with van der Waals surface area (Å²) in [6.07, 6.45) is 0. The standard InChI is InChI=1S/C44H58N2O8/c1-43(2,3)35-7-15-39(16-8-35)51-31-27-47-23-25-49-29-33-53-41-19-11-37(12-20-41)45-46-38-13-21-42(22-14-38)54-34-30-50-26-24-48-28-32-52-40-17-9-36(10-18-40)44(4,5)6/h7-22H,23-34H2,1-6H3. The van der Waals surface area contributed by atoms with Gasteiger partial charge in [0.15, 0.2) is 0 Å². The molecule has 0 aliphatic heterocycles. The lowest BCUT2D eigenvalue weighted by atomic mass is 9.87. The van der Waals surface area contributed by atoms with Crippen molar-refractivity contribution >= 4 is 11.4 Å². The van der Waals surface area contributed by atoms with Gasteiger partial charge in [0.1, 0.15) is 49.4 Å². The van der Waals surface area contributed by atoms with E-state index >= 15 is 0 Å². The third kappa shape index (κ3) is 16.7. The molecule has 0 heterocycles. The first-order valence-corrected chi connectivity index (χ1v) is 18.7. The highest BCUT2D eigenvalue weighted by molar-refractivity contribution is 5.44. The minimum Gasteiger partial charge on any atom is -0.491 e. The zero-order valence-corrected chi connectivity index (χ0v) is 32.9. The molecule has 4 aromatic carbocycles. The largest absolute Gasteiger partial charge is 0.491 e. The molecule has 0 aliphatic carbocycles. The Kier molecular flexibility index (Phi) is 17.7. The van der Waals surface area contributed by atoms with Crippen molar-refractivity contribution in [3.05, 3.63) is 108 Å². The van der Waals surface area contributed by atoms with Gasteiger partial charge in [0, 0.05) is 0 Å². The normalized spacial score (nSPS) is 11.9. The fourth-order valence-electron chi connectivity index (χ4n) is 4.95. The van der Waals surface area contributed by atoms with Crippen LogP contribution in [0.5, 0.6) is 23.0 Å². The van der Waals surface area contributed by atoms with Gasteiger partial charge < -0.3 is 37.9 Å². The van der Waals surface area contributed by atoms with Crippen LogP contribution in [0.2, 0.25) is 0 Å². The highest BCUT2D eigenvalue weighted by atomic mass is 16.6. The zero-order chi connectivity index (χ0) is 38.5. The smallest absolute Gasteiger partial charge is 0.119 e. The van der Waals surface area contributed by atoms with E-state index in [0.29, 0.717) is 79.3 Å². The van der Waals surface area contributed by atoms with Crippen molar-refractivity contribution in [1.82, 2.24) is 0 Å². The summed E-state index contributed by atoms with van der Waals surface area (Å²) in [5.74, 6) is 3.17. The zero-order valence-electron chi connectivity index (χ0n) is 32.9. The molecule has 0 aromatic heterocycles. The van der Waals surface area contributed by atoms with Gasteiger partial charge in [-0.3, -0.25) is 0 Å². The summed E-state index contributed by atoms with van der Waals surface area (Å²) < 4.78 is 45.4. The van der Waals surface area contributed by atoms with Gasteiger partial charge in [-0.25, -0.2) is 0 Å². The SMILES string of the molecule is CC(C)(C)c1ccc(OCCOCCOCCOc2ccc(N=Nc3ccc(OCCOCCOCCOc4ccc(C(C)(C)C)cc4)cc3)cc2)cc1. The molecule has 4 aromatic rings. The Morgan fingerprint density at radius 2 is 0.537 bits per heavy atom. The molecular weight excluding hydrogens is 684 g/mol. The van der Waals surface area contributed by atoms with Crippen molar-refractivity contribution in [3.8, 4) is 23.0 Å². The summed E-state index contributed by atoms with van der Waals surface area (Å²) in [4.78, 5) is 0. The fraction of sp³-hybridized carbons (Fsp3) is 0.455. The van der Waals surface area contributed by atoms with Crippen LogP contribution in [0.25, 0.3) is 0 Å². The van der Waals surface area contributed by atoms with Gasteiger partial charge in [-0.1, -0.05) is 65.8 Å². The minimum atomic E-state index is 0.130. The summed E-state index contributed by atoms with van der Waals surface area (Å²) in [6.45, 7) is 19.0. The van der Waals surface area contributed by atoms with Crippen molar-refractivity contribution in [2.24, 2.45) is 10.2 Å². The monoisotopic (exact) mass is 742 g/mol. The van der Waals surface area contributed by atoms with Gasteiger partial charge in [0.2, 0.25) is 0 Å². The summed E-state index contributed by atoms with van der Waals surface area (Å²) in [5.41, 5.74) is 4.27. The average Bonchev–Trinajstić information content (AvgIpc) is 3.16. The van der Waals surface area contributed by atoms with Crippen LogP contribution in [0.4, 0.5) is 11.4 Å². The van der Waals surface area contributed by atoms with Gasteiger partial charge in [0.05, 0.1) is 64.2 Å². The molecule has 0 fully saturated rings. The van der Waals surface area contributed by atoms with Gasteiger partial charge >= 0.3 is 0 Å². The molecule has 0 bridgehead atoms. The van der Waals surface area contributed by atoms with Crippen LogP contribution in [0.1, 0.15) is 52.7 Å². The van der Waals surface area contributed by atoms with Crippen LogP contribution in [-0.4, -0.2) is 79.3 Å². The predicted octanol–water partition coefficient (Wildman–Crippen LogP) is 9.68. The molecular formula is C44H58N2O8. The lowest BCUT2D eigenvalue weighted by molar-refractivity contribution is 0.0273. The lowest BCUT2D eigenvalue weighted by Crippen LogP contribution is -2.13. The van der Waals surface area contributed by atoms with Crippen LogP contribution >= 0.6 is 0 Å². The van der Waals surface area contributed by atoms with Gasteiger partial charge in [0.25, 0.3) is 0 Å². The maximum Gasteiger partial charge on any atom is 0.119 e. The Bertz CT molecular complexity index is 1490. The number of nitrogens with zero attached hydrogens (tertiary/aromatic N) is 2. The van der Waals surface area contributed by atoms with Crippen molar-refractivity contribution in [1.29, 1.82) is 0 Å². The Hall–Kier alpha value is -4.48. The topological polar surface area (TPSA) is 98.6 Å². The van der Waals surface area contributed by atoms with E-state index < -0.39 is 0 Å². The van der Waals surface area contributed by atoms with E-state index in [0.717, 1.165) is 34.4 Å². The molecule has 4 rings (SSSR count). The first-order valence-electron chi connectivity index (χ1n) is 18.7. The quantitative estimate of drug-likeness (QED) is 0.0517.